The molecule has 0 spiro atoms. The van der Waals surface area contributed by atoms with Crippen LogP contribution in [0.1, 0.15) is 50.7 Å². The van der Waals surface area contributed by atoms with Crippen molar-refractivity contribution in [3.8, 4) is 0 Å². The summed E-state index contributed by atoms with van der Waals surface area (Å²) < 4.78 is 32.1. The molecule has 32 heavy (non-hydrogen) atoms. The van der Waals surface area contributed by atoms with Gasteiger partial charge in [-0.05, 0) is 48.7 Å². The zero-order valence-electron chi connectivity index (χ0n) is 19.7. The summed E-state index contributed by atoms with van der Waals surface area (Å²) in [6.45, 7) is 6.41. The van der Waals surface area contributed by atoms with Gasteiger partial charge in [0.1, 0.15) is 21.5 Å². The second-order valence-corrected chi connectivity index (χ2v) is 10.3. The maximum atomic E-state index is 10.4. The molecule has 0 fully saturated rings. The second kappa shape index (κ2) is 9.57. The van der Waals surface area contributed by atoms with Crippen molar-refractivity contribution < 1.29 is 13.0 Å². The van der Waals surface area contributed by atoms with E-state index in [1.165, 1.54) is 65.5 Å². The minimum Gasteiger partial charge on any atom is -0.744 e. The Morgan fingerprint density at radius 1 is 0.875 bits per heavy atom. The van der Waals surface area contributed by atoms with E-state index in [2.05, 4.69) is 64.3 Å². The van der Waals surface area contributed by atoms with Gasteiger partial charge in [-0.25, -0.2) is 8.42 Å². The van der Waals surface area contributed by atoms with Gasteiger partial charge < -0.3 is 4.55 Å². The molecule has 0 N–H and O–H groups in total. The van der Waals surface area contributed by atoms with Gasteiger partial charge in [-0.15, -0.1) is 0 Å². The molecule has 1 heterocycles. The Balaban J connectivity index is 0.000000222. The van der Waals surface area contributed by atoms with E-state index in [0.29, 0.717) is 0 Å². The van der Waals surface area contributed by atoms with E-state index < -0.39 is 10.1 Å². The van der Waals surface area contributed by atoms with Crippen molar-refractivity contribution in [2.24, 2.45) is 0 Å². The van der Waals surface area contributed by atoms with Crippen molar-refractivity contribution >= 4 is 32.2 Å². The van der Waals surface area contributed by atoms with Crippen molar-refractivity contribution in [1.29, 1.82) is 0 Å². The predicted molar refractivity (Wildman–Crippen MR) is 133 cm³/mol. The van der Waals surface area contributed by atoms with E-state index in [0.717, 1.165) is 10.0 Å². The van der Waals surface area contributed by atoms with Crippen LogP contribution >= 0.6 is 0 Å². The smallest absolute Gasteiger partial charge is 0.145 e. The van der Waals surface area contributed by atoms with Gasteiger partial charge in [-0.3, -0.25) is 4.48 Å². The molecule has 1 aliphatic heterocycles. The first-order valence-corrected chi connectivity index (χ1v) is 12.6. The number of hydrogen-bond acceptors (Lipinski definition) is 3. The number of allylic oxidation sites excluding steroid dienone is 2. The molecule has 4 rings (SSSR count). The monoisotopic (exact) mass is 451 g/mol. The third kappa shape index (κ3) is 4.96. The van der Waals surface area contributed by atoms with E-state index in [9.17, 15) is 13.0 Å². The molecule has 3 aromatic carbocycles. The van der Waals surface area contributed by atoms with Crippen LogP contribution in [0.4, 0.5) is 5.69 Å². The van der Waals surface area contributed by atoms with E-state index in [1.54, 1.807) is 17.7 Å². The molecule has 0 radical (unpaired) electrons. The molecular formula is C27H33NO3S. The van der Waals surface area contributed by atoms with Crippen molar-refractivity contribution in [3.63, 3.8) is 0 Å². The highest BCUT2D eigenvalue weighted by Crippen LogP contribution is 2.47. The molecular weight excluding hydrogens is 418 g/mol. The maximum Gasteiger partial charge on any atom is 0.145 e. The van der Waals surface area contributed by atoms with Crippen molar-refractivity contribution in [3.05, 3.63) is 77.5 Å². The zero-order chi connectivity index (χ0) is 23.5. The van der Waals surface area contributed by atoms with E-state index >= 15 is 0 Å². The molecule has 5 heteroatoms. The number of hydrogen-bond donors (Lipinski definition) is 0. The molecule has 0 bridgehead atoms. The van der Waals surface area contributed by atoms with Crippen LogP contribution in [0, 0.1) is 6.92 Å². The third-order valence-electron chi connectivity index (χ3n) is 6.43. The molecule has 3 aromatic rings. The molecule has 170 valence electrons. The van der Waals surface area contributed by atoms with E-state index in [4.69, 9.17) is 0 Å². The third-order valence-corrected chi connectivity index (χ3v) is 7.28. The molecule has 0 saturated carbocycles. The van der Waals surface area contributed by atoms with Gasteiger partial charge >= 0.3 is 0 Å². The predicted octanol–water partition coefficient (Wildman–Crippen LogP) is 6.63. The summed E-state index contributed by atoms with van der Waals surface area (Å²) in [4.78, 5) is -0.178. The minimum absolute atomic E-state index is 0.178. The summed E-state index contributed by atoms with van der Waals surface area (Å²) >= 11 is 0. The molecule has 4 nitrogen and oxygen atoms in total. The van der Waals surface area contributed by atoms with Crippen LogP contribution in [0.2, 0.25) is 0 Å². The number of fused-ring (bicyclic) bond motifs is 3. The lowest BCUT2D eigenvalue weighted by Crippen LogP contribution is -2.36. The Morgan fingerprint density at radius 2 is 1.53 bits per heavy atom. The minimum atomic E-state index is -4.27. The van der Waals surface area contributed by atoms with Gasteiger partial charge in [-0.1, -0.05) is 61.7 Å². The summed E-state index contributed by atoms with van der Waals surface area (Å²) in [6, 6.07) is 19.2. The Bertz CT molecular complexity index is 1240. The van der Waals surface area contributed by atoms with Crippen LogP contribution in [0.15, 0.2) is 71.3 Å². The first kappa shape index (κ1) is 24.2. The van der Waals surface area contributed by atoms with Crippen LogP contribution in [0.5, 0.6) is 0 Å². The van der Waals surface area contributed by atoms with E-state index in [-0.39, 0.29) is 4.90 Å². The van der Waals surface area contributed by atoms with Gasteiger partial charge in [0.15, 0.2) is 0 Å². The first-order valence-electron chi connectivity index (χ1n) is 11.2. The molecule has 0 aromatic heterocycles. The number of rotatable bonds is 5. The van der Waals surface area contributed by atoms with Crippen LogP contribution in [0.25, 0.3) is 16.3 Å². The molecule has 1 aliphatic rings. The number of quaternary nitrogens is 1. The average Bonchev–Trinajstić information content (AvgIpc) is 2.95. The van der Waals surface area contributed by atoms with Crippen molar-refractivity contribution in [2.75, 3.05) is 14.1 Å². The molecule has 0 atom stereocenters. The number of benzene rings is 3. The van der Waals surface area contributed by atoms with Gasteiger partial charge in [0, 0.05) is 18.6 Å². The van der Waals surface area contributed by atoms with Gasteiger partial charge in [0.25, 0.3) is 0 Å². The Labute approximate surface area is 192 Å². The van der Waals surface area contributed by atoms with E-state index in [1.807, 2.05) is 6.92 Å². The van der Waals surface area contributed by atoms with Crippen LogP contribution in [-0.4, -0.2) is 27.1 Å². The van der Waals surface area contributed by atoms with Crippen molar-refractivity contribution in [2.45, 2.75) is 51.3 Å². The summed E-state index contributed by atoms with van der Waals surface area (Å²) in [5, 5.41) is 2.78. The normalized spacial score (nSPS) is 14.8. The fraction of sp³-hybridized carbons (Fsp3) is 0.333. The Hall–Kier alpha value is -2.47. The molecule has 0 amide bonds. The standard InChI is InChI=1S/C20H26N.C7H8O3S/c1-5-6-7-11-17-15(2)21(3,4)19-14-13-16-10-8-9-12-18(16)20(17)19;1-6-2-4-7(5-3-6)11(8,9)10/h8-10,12-14H,5-7,11H2,1-4H3;2-5H,1H3,(H,8,9,10)/q+1;/p-1. The highest BCUT2D eigenvalue weighted by atomic mass is 32.2. The topological polar surface area (TPSA) is 57.2 Å². The second-order valence-electron chi connectivity index (χ2n) is 8.92. The molecule has 0 saturated heterocycles. The number of aryl methyl sites for hydroxylation is 1. The average molecular weight is 452 g/mol. The number of unbranched alkanes of at least 4 members (excludes halogenated alkanes) is 2. The SMILES string of the molecule is CCCCCC1=C(C)[N+](C)(C)c2ccc3ccccc3c21.Cc1ccc(S(=O)(=O)[O-])cc1. The van der Waals surface area contributed by atoms with Crippen LogP contribution < -0.4 is 4.48 Å². The lowest BCUT2D eigenvalue weighted by atomic mass is 9.94. The number of nitrogens with zero attached hydrogens (tertiary/aromatic N) is 1. The van der Waals surface area contributed by atoms with Gasteiger partial charge in [0.2, 0.25) is 0 Å². The summed E-state index contributed by atoms with van der Waals surface area (Å²) in [6.07, 6.45) is 5.12. The summed E-state index contributed by atoms with van der Waals surface area (Å²) in [5.74, 6) is 0. The van der Waals surface area contributed by atoms with Crippen LogP contribution in [-0.2, 0) is 10.1 Å². The first-order chi connectivity index (χ1) is 15.1. The zero-order valence-corrected chi connectivity index (χ0v) is 20.5. The maximum absolute atomic E-state index is 10.4. The van der Waals surface area contributed by atoms with Crippen molar-refractivity contribution in [1.82, 2.24) is 4.48 Å². The fourth-order valence-electron chi connectivity index (χ4n) is 4.30. The molecule has 0 unspecified atom stereocenters. The van der Waals surface area contributed by atoms with Gasteiger partial charge in [0.05, 0.1) is 24.6 Å². The highest BCUT2D eigenvalue weighted by Gasteiger charge is 2.37. The Morgan fingerprint density at radius 3 is 2.16 bits per heavy atom. The lowest BCUT2D eigenvalue weighted by molar-refractivity contribution is 0.463. The summed E-state index contributed by atoms with van der Waals surface area (Å²) in [7, 11) is 0.361. The molecule has 0 aliphatic carbocycles. The van der Waals surface area contributed by atoms with Crippen LogP contribution in [0.3, 0.4) is 0 Å². The largest absolute Gasteiger partial charge is 0.744 e. The Kier molecular flexibility index (Phi) is 7.23. The fourth-order valence-corrected chi connectivity index (χ4v) is 4.77. The highest BCUT2D eigenvalue weighted by molar-refractivity contribution is 7.85. The quantitative estimate of drug-likeness (QED) is 0.248. The van der Waals surface area contributed by atoms with Gasteiger partial charge in [-0.2, -0.15) is 0 Å². The lowest BCUT2D eigenvalue weighted by Gasteiger charge is -2.26. The summed E-state index contributed by atoms with van der Waals surface area (Å²) in [5.41, 5.74) is 6.99.